The van der Waals surface area contributed by atoms with E-state index in [0.717, 1.165) is 11.9 Å². The topological polar surface area (TPSA) is 89.0 Å². The number of rotatable bonds is 5. The van der Waals surface area contributed by atoms with Crippen molar-refractivity contribution in [3.8, 4) is 0 Å². The van der Waals surface area contributed by atoms with E-state index in [1.807, 2.05) is 0 Å². The number of anilines is 1. The van der Waals surface area contributed by atoms with Gasteiger partial charge in [0, 0.05) is 23.0 Å². The van der Waals surface area contributed by atoms with Crippen molar-refractivity contribution < 1.29 is 13.2 Å². The summed E-state index contributed by atoms with van der Waals surface area (Å²) in [6.45, 7) is 4.70. The molecule has 0 amide bonds. The largest absolute Gasteiger partial charge is 0.345 e. The fraction of sp³-hybridized carbons (Fsp3) is 0.188. The number of nitrogens with one attached hydrogen (secondary N) is 1. The molecule has 24 heavy (non-hydrogen) atoms. The number of halogens is 1. The van der Waals surface area contributed by atoms with Gasteiger partial charge in [-0.05, 0) is 45.0 Å². The molecule has 8 heteroatoms. The van der Waals surface area contributed by atoms with Gasteiger partial charge in [0.05, 0.1) is 4.90 Å². The Balaban J connectivity index is 2.41. The van der Waals surface area contributed by atoms with E-state index < -0.39 is 15.6 Å². The summed E-state index contributed by atoms with van der Waals surface area (Å²) in [5.74, 6) is 0.362. The lowest BCUT2D eigenvalue weighted by Gasteiger charge is -2.08. The highest BCUT2D eigenvalue weighted by atomic mass is 35.5. The lowest BCUT2D eigenvalue weighted by molar-refractivity contribution is -0.113. The smallest absolute Gasteiger partial charge is 0.211 e. The summed E-state index contributed by atoms with van der Waals surface area (Å²) in [5, 5.41) is 3.17. The molecular weight excluding hydrogens is 350 g/mol. The number of allylic oxidation sites excluding steroid dienone is 1. The van der Waals surface area contributed by atoms with Gasteiger partial charge in [-0.25, -0.2) is 18.4 Å². The van der Waals surface area contributed by atoms with Gasteiger partial charge < -0.3 is 5.32 Å². The first-order valence-corrected chi connectivity index (χ1v) is 8.87. The molecule has 0 radical (unpaired) electrons. The summed E-state index contributed by atoms with van der Waals surface area (Å²) in [7, 11) is -3.96. The fourth-order valence-electron chi connectivity index (χ4n) is 2.04. The van der Waals surface area contributed by atoms with Crippen LogP contribution < -0.4 is 5.32 Å². The van der Waals surface area contributed by atoms with Gasteiger partial charge in [0.1, 0.15) is 16.5 Å². The van der Waals surface area contributed by atoms with E-state index in [0.29, 0.717) is 16.7 Å². The molecule has 0 saturated heterocycles. The van der Waals surface area contributed by atoms with Crippen molar-refractivity contribution in [2.75, 3.05) is 5.32 Å². The van der Waals surface area contributed by atoms with Crippen molar-refractivity contribution in [2.24, 2.45) is 0 Å². The van der Waals surface area contributed by atoms with E-state index >= 15 is 0 Å². The Hall–Kier alpha value is -2.25. The predicted octanol–water partition coefficient (Wildman–Crippen LogP) is 3.06. The fourth-order valence-corrected chi connectivity index (χ4v) is 3.51. The Morgan fingerprint density at radius 3 is 2.33 bits per heavy atom. The van der Waals surface area contributed by atoms with Gasteiger partial charge in [-0.3, -0.25) is 4.79 Å². The quantitative estimate of drug-likeness (QED) is 0.819. The molecule has 2 aromatic rings. The number of carbonyl (C=O) groups excluding carboxylic acids is 1. The van der Waals surface area contributed by atoms with Gasteiger partial charge in [-0.15, -0.1) is 0 Å². The Labute approximate surface area is 145 Å². The van der Waals surface area contributed by atoms with Crippen LogP contribution in [0.5, 0.6) is 0 Å². The number of aryl methyl sites for hydroxylation is 2. The van der Waals surface area contributed by atoms with Gasteiger partial charge >= 0.3 is 0 Å². The van der Waals surface area contributed by atoms with E-state index in [1.54, 1.807) is 19.9 Å². The average Bonchev–Trinajstić information content (AvgIpc) is 2.46. The lowest BCUT2D eigenvalue weighted by atomic mass is 10.4. The molecule has 6 nitrogen and oxygen atoms in total. The maximum atomic E-state index is 12.6. The van der Waals surface area contributed by atoms with Gasteiger partial charge in [0.15, 0.2) is 5.78 Å². The van der Waals surface area contributed by atoms with Crippen molar-refractivity contribution in [1.29, 1.82) is 0 Å². The number of aromatic nitrogens is 2. The predicted molar refractivity (Wildman–Crippen MR) is 92.5 cm³/mol. The van der Waals surface area contributed by atoms with Crippen LogP contribution in [0.4, 0.5) is 5.82 Å². The minimum Gasteiger partial charge on any atom is -0.345 e. The van der Waals surface area contributed by atoms with E-state index in [-0.39, 0.29) is 9.80 Å². The van der Waals surface area contributed by atoms with Gasteiger partial charge in [0.2, 0.25) is 9.84 Å². The first-order valence-electron chi connectivity index (χ1n) is 7.01. The molecule has 0 aliphatic carbocycles. The van der Waals surface area contributed by atoms with Crippen LogP contribution in [0.2, 0.25) is 5.02 Å². The standard InChI is InChI=1S/C16H16ClN3O3S/c1-10-8-16(20-12(3)19-10)18-9-15(11(2)21)24(22,23)14-6-4-13(17)5-7-14/h4-9H,1-3H3,(H,18,19,20)/b15-9+. The molecule has 0 bridgehead atoms. The average molecular weight is 366 g/mol. The van der Waals surface area contributed by atoms with Crippen molar-refractivity contribution in [1.82, 2.24) is 9.97 Å². The Bertz CT molecular complexity index is 886. The van der Waals surface area contributed by atoms with Crippen LogP contribution in [-0.2, 0) is 14.6 Å². The number of ketones is 1. The third kappa shape index (κ3) is 4.18. The van der Waals surface area contributed by atoms with Gasteiger partial charge in [0.25, 0.3) is 0 Å². The summed E-state index contributed by atoms with van der Waals surface area (Å²) >= 11 is 5.77. The molecule has 1 N–H and O–H groups in total. The SMILES string of the molecule is CC(=O)/C(=C\Nc1cc(C)nc(C)n1)S(=O)(=O)c1ccc(Cl)cc1. The second-order valence-electron chi connectivity index (χ2n) is 5.11. The molecule has 0 atom stereocenters. The molecule has 0 aliphatic rings. The molecule has 0 aliphatic heterocycles. The van der Waals surface area contributed by atoms with Crippen LogP contribution >= 0.6 is 11.6 Å². The molecular formula is C16H16ClN3O3S. The van der Waals surface area contributed by atoms with E-state index in [2.05, 4.69) is 15.3 Å². The number of hydrogen-bond donors (Lipinski definition) is 1. The molecule has 1 heterocycles. The number of Topliss-reactive ketones (excluding diaryl/α,β-unsaturated/α-hetero) is 1. The van der Waals surface area contributed by atoms with Gasteiger partial charge in [-0.1, -0.05) is 11.6 Å². The minimum atomic E-state index is -3.96. The molecule has 126 valence electrons. The molecule has 0 spiro atoms. The first kappa shape index (κ1) is 18.1. The normalized spacial score (nSPS) is 12.1. The molecule has 2 rings (SSSR count). The van der Waals surface area contributed by atoms with Crippen LogP contribution in [0.15, 0.2) is 46.3 Å². The zero-order chi connectivity index (χ0) is 17.9. The van der Waals surface area contributed by atoms with Crippen LogP contribution in [0.25, 0.3) is 0 Å². The number of nitrogens with zero attached hydrogens (tertiary/aromatic N) is 2. The molecule has 0 fully saturated rings. The Morgan fingerprint density at radius 2 is 1.79 bits per heavy atom. The molecule has 0 unspecified atom stereocenters. The van der Waals surface area contributed by atoms with Crippen molar-refractivity contribution >= 4 is 33.0 Å². The summed E-state index contributed by atoms with van der Waals surface area (Å²) in [6, 6.07) is 7.27. The van der Waals surface area contributed by atoms with E-state index in [9.17, 15) is 13.2 Å². The van der Waals surface area contributed by atoms with Crippen molar-refractivity contribution in [3.05, 3.63) is 58.0 Å². The molecule has 1 aromatic carbocycles. The maximum absolute atomic E-state index is 12.6. The third-order valence-corrected chi connectivity index (χ3v) is 5.21. The first-order chi connectivity index (χ1) is 11.2. The number of carbonyl (C=O) groups is 1. The molecule has 1 aromatic heterocycles. The highest BCUT2D eigenvalue weighted by Crippen LogP contribution is 2.22. The van der Waals surface area contributed by atoms with E-state index in [1.165, 1.54) is 31.2 Å². The second kappa shape index (κ2) is 7.11. The summed E-state index contributed by atoms with van der Waals surface area (Å²) in [4.78, 5) is 19.7. The third-order valence-electron chi connectivity index (χ3n) is 3.08. The Kier molecular flexibility index (Phi) is 5.36. The van der Waals surface area contributed by atoms with Crippen molar-refractivity contribution in [3.63, 3.8) is 0 Å². The minimum absolute atomic E-state index is 0.00908. The highest BCUT2D eigenvalue weighted by molar-refractivity contribution is 7.96. The summed E-state index contributed by atoms with van der Waals surface area (Å²) in [5.41, 5.74) is 0.725. The zero-order valence-corrected chi connectivity index (χ0v) is 14.9. The van der Waals surface area contributed by atoms with Crippen molar-refractivity contribution in [2.45, 2.75) is 25.7 Å². The van der Waals surface area contributed by atoms with E-state index in [4.69, 9.17) is 11.6 Å². The number of benzene rings is 1. The Morgan fingerprint density at radius 1 is 1.17 bits per heavy atom. The zero-order valence-electron chi connectivity index (χ0n) is 13.4. The van der Waals surface area contributed by atoms with Crippen LogP contribution in [0, 0.1) is 13.8 Å². The van der Waals surface area contributed by atoms with Gasteiger partial charge in [-0.2, -0.15) is 0 Å². The van der Waals surface area contributed by atoms with Crippen LogP contribution in [-0.4, -0.2) is 24.2 Å². The second-order valence-corrected chi connectivity index (χ2v) is 7.46. The number of sulfone groups is 1. The highest BCUT2D eigenvalue weighted by Gasteiger charge is 2.24. The number of hydrogen-bond acceptors (Lipinski definition) is 6. The monoisotopic (exact) mass is 365 g/mol. The van der Waals surface area contributed by atoms with Crippen LogP contribution in [0.3, 0.4) is 0 Å². The van der Waals surface area contributed by atoms with Crippen LogP contribution in [0.1, 0.15) is 18.4 Å². The summed E-state index contributed by atoms with van der Waals surface area (Å²) < 4.78 is 25.3. The summed E-state index contributed by atoms with van der Waals surface area (Å²) in [6.07, 6.45) is 1.15. The lowest BCUT2D eigenvalue weighted by Crippen LogP contribution is -2.13. The maximum Gasteiger partial charge on any atom is 0.211 e. The molecule has 0 saturated carbocycles.